The quantitative estimate of drug-likeness (QED) is 0.927. The number of benzene rings is 1. The van der Waals surface area contributed by atoms with Gasteiger partial charge in [0.1, 0.15) is 0 Å². The Kier molecular flexibility index (Phi) is 4.68. The molecule has 21 heavy (non-hydrogen) atoms. The monoisotopic (exact) mass is 310 g/mol. The molecule has 1 aliphatic rings. The average Bonchev–Trinajstić information content (AvgIpc) is 2.41. The van der Waals surface area contributed by atoms with Gasteiger partial charge in [-0.15, -0.1) is 0 Å². The molecular weight excluding hydrogens is 288 g/mol. The zero-order valence-corrected chi connectivity index (χ0v) is 13.5. The number of hydrogen-bond donors (Lipinski definition) is 1. The molecule has 1 heterocycles. The maximum atomic E-state index is 12.3. The van der Waals surface area contributed by atoms with Crippen molar-refractivity contribution in [3.8, 4) is 0 Å². The lowest BCUT2D eigenvalue weighted by atomic mass is 9.98. The number of nitrogens with zero attached hydrogens (tertiary/aromatic N) is 1. The van der Waals surface area contributed by atoms with E-state index in [0.717, 1.165) is 29.7 Å². The van der Waals surface area contributed by atoms with Gasteiger partial charge < -0.3 is 5.32 Å². The van der Waals surface area contributed by atoms with E-state index in [2.05, 4.69) is 5.32 Å². The van der Waals surface area contributed by atoms with Crippen molar-refractivity contribution in [2.24, 2.45) is 5.92 Å². The van der Waals surface area contributed by atoms with Crippen molar-refractivity contribution in [3.05, 3.63) is 29.3 Å². The van der Waals surface area contributed by atoms with Gasteiger partial charge >= 0.3 is 0 Å². The first kappa shape index (κ1) is 16.0. The summed E-state index contributed by atoms with van der Waals surface area (Å²) in [5, 5.41) is 2.92. The number of anilines is 1. The molecule has 1 aliphatic heterocycles. The van der Waals surface area contributed by atoms with Gasteiger partial charge in [-0.3, -0.25) is 4.79 Å². The van der Waals surface area contributed by atoms with Gasteiger partial charge in [-0.1, -0.05) is 17.7 Å². The molecule has 0 aromatic heterocycles. The van der Waals surface area contributed by atoms with Crippen LogP contribution in [0.25, 0.3) is 0 Å². The van der Waals surface area contributed by atoms with Gasteiger partial charge in [0.2, 0.25) is 15.9 Å². The van der Waals surface area contributed by atoms with Crippen molar-refractivity contribution in [2.75, 3.05) is 24.7 Å². The SMILES string of the molecule is Cc1ccc(NC(=O)C2CCCN(S(C)(=O)=O)C2)c(C)c1. The van der Waals surface area contributed by atoms with Gasteiger partial charge in [0, 0.05) is 18.8 Å². The Balaban J connectivity index is 2.06. The highest BCUT2D eigenvalue weighted by Gasteiger charge is 2.30. The zero-order valence-electron chi connectivity index (χ0n) is 12.7. The predicted octanol–water partition coefficient (Wildman–Crippen LogP) is 1.91. The molecule has 1 saturated heterocycles. The van der Waals surface area contributed by atoms with Crippen LogP contribution in [-0.4, -0.2) is 38.0 Å². The van der Waals surface area contributed by atoms with E-state index in [9.17, 15) is 13.2 Å². The fraction of sp³-hybridized carbons (Fsp3) is 0.533. The minimum absolute atomic E-state index is 0.102. The molecule has 1 aromatic rings. The molecule has 0 aliphatic carbocycles. The highest BCUT2D eigenvalue weighted by molar-refractivity contribution is 7.88. The summed E-state index contributed by atoms with van der Waals surface area (Å²) in [6, 6.07) is 5.85. The van der Waals surface area contributed by atoms with Gasteiger partial charge in [0.25, 0.3) is 0 Å². The second-order valence-corrected chi connectivity index (χ2v) is 7.75. The number of nitrogens with one attached hydrogen (secondary N) is 1. The fourth-order valence-electron chi connectivity index (χ4n) is 2.65. The Morgan fingerprint density at radius 2 is 2.05 bits per heavy atom. The molecular formula is C15H22N2O3S. The summed E-state index contributed by atoms with van der Waals surface area (Å²) in [4.78, 5) is 12.3. The van der Waals surface area contributed by atoms with Crippen molar-refractivity contribution >= 4 is 21.6 Å². The van der Waals surface area contributed by atoms with E-state index < -0.39 is 10.0 Å². The van der Waals surface area contributed by atoms with Crippen LogP contribution >= 0.6 is 0 Å². The number of sulfonamides is 1. The molecule has 1 atom stereocenters. The second kappa shape index (κ2) is 6.15. The first-order valence-corrected chi connectivity index (χ1v) is 8.95. The summed E-state index contributed by atoms with van der Waals surface area (Å²) in [6.07, 6.45) is 2.64. The smallest absolute Gasteiger partial charge is 0.228 e. The summed E-state index contributed by atoms with van der Waals surface area (Å²) in [6.45, 7) is 4.73. The molecule has 116 valence electrons. The van der Waals surface area contributed by atoms with Crippen LogP contribution in [0.1, 0.15) is 24.0 Å². The van der Waals surface area contributed by atoms with Crippen LogP contribution in [-0.2, 0) is 14.8 Å². The van der Waals surface area contributed by atoms with Gasteiger partial charge in [-0.05, 0) is 38.3 Å². The topological polar surface area (TPSA) is 66.5 Å². The van der Waals surface area contributed by atoms with Crippen LogP contribution < -0.4 is 5.32 Å². The lowest BCUT2D eigenvalue weighted by Crippen LogP contribution is -2.43. The largest absolute Gasteiger partial charge is 0.326 e. The number of amides is 1. The van der Waals surface area contributed by atoms with Crippen molar-refractivity contribution in [3.63, 3.8) is 0 Å². The highest BCUT2D eigenvalue weighted by atomic mass is 32.2. The van der Waals surface area contributed by atoms with Crippen LogP contribution in [0.15, 0.2) is 18.2 Å². The van der Waals surface area contributed by atoms with Crippen LogP contribution in [0, 0.1) is 19.8 Å². The van der Waals surface area contributed by atoms with E-state index in [1.165, 1.54) is 10.6 Å². The van der Waals surface area contributed by atoms with Gasteiger partial charge in [0.05, 0.1) is 12.2 Å². The van der Waals surface area contributed by atoms with Crippen molar-refractivity contribution in [1.29, 1.82) is 0 Å². The molecule has 0 radical (unpaired) electrons. The maximum Gasteiger partial charge on any atom is 0.228 e. The average molecular weight is 310 g/mol. The van der Waals surface area contributed by atoms with E-state index in [0.29, 0.717) is 6.54 Å². The summed E-state index contributed by atoms with van der Waals surface area (Å²) < 4.78 is 24.6. The van der Waals surface area contributed by atoms with E-state index >= 15 is 0 Å². The van der Waals surface area contributed by atoms with Crippen molar-refractivity contribution in [2.45, 2.75) is 26.7 Å². The summed E-state index contributed by atoms with van der Waals surface area (Å²) >= 11 is 0. The lowest BCUT2D eigenvalue weighted by Gasteiger charge is -2.30. The highest BCUT2D eigenvalue weighted by Crippen LogP contribution is 2.22. The number of carbonyl (C=O) groups is 1. The molecule has 2 rings (SSSR count). The zero-order chi connectivity index (χ0) is 15.6. The Labute approximate surface area is 126 Å². The first-order chi connectivity index (χ1) is 9.77. The number of carbonyl (C=O) groups excluding carboxylic acids is 1. The van der Waals surface area contributed by atoms with Gasteiger partial charge in [0.15, 0.2) is 0 Å². The van der Waals surface area contributed by atoms with Crippen LogP contribution in [0.2, 0.25) is 0 Å². The standard InChI is InChI=1S/C15H22N2O3S/c1-11-6-7-14(12(2)9-11)16-15(18)13-5-4-8-17(10-13)21(3,19)20/h6-7,9,13H,4-5,8,10H2,1-3H3,(H,16,18). The Morgan fingerprint density at radius 3 is 2.67 bits per heavy atom. The molecule has 1 amide bonds. The van der Waals surface area contributed by atoms with Gasteiger partial charge in [-0.25, -0.2) is 12.7 Å². The number of rotatable bonds is 3. The van der Waals surface area contributed by atoms with Crippen LogP contribution in [0.3, 0.4) is 0 Å². The Hall–Kier alpha value is -1.40. The lowest BCUT2D eigenvalue weighted by molar-refractivity contribution is -0.120. The fourth-order valence-corrected chi connectivity index (χ4v) is 3.56. The third kappa shape index (κ3) is 4.04. The molecule has 6 heteroatoms. The summed E-state index contributed by atoms with van der Waals surface area (Å²) in [5.41, 5.74) is 2.95. The number of aryl methyl sites for hydroxylation is 2. The second-order valence-electron chi connectivity index (χ2n) is 5.77. The molecule has 0 bridgehead atoms. The van der Waals surface area contributed by atoms with Crippen molar-refractivity contribution < 1.29 is 13.2 Å². The third-order valence-electron chi connectivity index (χ3n) is 3.86. The summed E-state index contributed by atoms with van der Waals surface area (Å²) in [5.74, 6) is -0.385. The third-order valence-corrected chi connectivity index (χ3v) is 5.13. The molecule has 0 spiro atoms. The normalized spacial score (nSPS) is 20.2. The Morgan fingerprint density at radius 1 is 1.33 bits per heavy atom. The summed E-state index contributed by atoms with van der Waals surface area (Å²) in [7, 11) is -3.23. The van der Waals surface area contributed by atoms with E-state index in [4.69, 9.17) is 0 Å². The first-order valence-electron chi connectivity index (χ1n) is 7.10. The Bertz CT molecular complexity index is 640. The van der Waals surface area contributed by atoms with Crippen LogP contribution in [0.4, 0.5) is 5.69 Å². The van der Waals surface area contributed by atoms with E-state index in [-0.39, 0.29) is 18.4 Å². The number of piperidine rings is 1. The minimum Gasteiger partial charge on any atom is -0.326 e. The molecule has 5 nitrogen and oxygen atoms in total. The van der Waals surface area contributed by atoms with Crippen LogP contribution in [0.5, 0.6) is 0 Å². The van der Waals surface area contributed by atoms with E-state index in [1.807, 2.05) is 32.0 Å². The maximum absolute atomic E-state index is 12.3. The van der Waals surface area contributed by atoms with Crippen molar-refractivity contribution in [1.82, 2.24) is 4.31 Å². The predicted molar refractivity (Wildman–Crippen MR) is 83.7 cm³/mol. The minimum atomic E-state index is -3.23. The van der Waals surface area contributed by atoms with Gasteiger partial charge in [-0.2, -0.15) is 0 Å². The molecule has 1 fully saturated rings. The molecule has 1 unspecified atom stereocenters. The molecule has 1 aromatic carbocycles. The molecule has 1 N–H and O–H groups in total. The van der Waals surface area contributed by atoms with E-state index in [1.54, 1.807) is 0 Å². The number of hydrogen-bond acceptors (Lipinski definition) is 3. The molecule has 0 saturated carbocycles.